The van der Waals surface area contributed by atoms with Crippen molar-refractivity contribution in [3.63, 3.8) is 0 Å². The molecule has 168 valence electrons. The van der Waals surface area contributed by atoms with Crippen molar-refractivity contribution in [2.75, 3.05) is 5.32 Å². The Morgan fingerprint density at radius 2 is 1.35 bits per heavy atom. The monoisotopic (exact) mass is 509 g/mol. The second-order valence-electron chi connectivity index (χ2n) is 8.36. The van der Waals surface area contributed by atoms with Gasteiger partial charge in [0.1, 0.15) is 17.3 Å². The second kappa shape index (κ2) is 9.65. The van der Waals surface area contributed by atoms with E-state index >= 15 is 0 Å². The highest BCUT2D eigenvalue weighted by Gasteiger charge is 2.16. The summed E-state index contributed by atoms with van der Waals surface area (Å²) in [5, 5.41) is 3.48. The predicted octanol–water partition coefficient (Wildman–Crippen LogP) is 8.52. The van der Waals surface area contributed by atoms with E-state index in [0.29, 0.717) is 6.42 Å². The molecule has 4 aromatic rings. The van der Waals surface area contributed by atoms with Gasteiger partial charge in [0.2, 0.25) is 0 Å². The Hall–Kier alpha value is -3.70. The van der Waals surface area contributed by atoms with Gasteiger partial charge in [-0.1, -0.05) is 63.5 Å². The molecule has 0 atom stereocenters. The Balaban J connectivity index is 1.52. The molecule has 0 bridgehead atoms. The molecule has 1 aliphatic rings. The molecule has 5 heteroatoms. The fourth-order valence-electron chi connectivity index (χ4n) is 3.71. The lowest BCUT2D eigenvalue weighted by Crippen LogP contribution is -2.16. The lowest BCUT2D eigenvalue weighted by atomic mass is 10.0. The molecule has 0 amide bonds. The standard InChI is InChI=1S/C29H24BrN3O/c1-19-3-7-21(8-4-19)27-18-29(31-23-11-9-22(30)10-12-23)33-26-16-15-25(17-28(26)32-27)34-24-13-5-20(2)6-14-24/h3-17H,18H2,1-2H3,(H,31,33). The number of rotatable bonds is 4. The molecule has 4 aromatic carbocycles. The number of fused-ring (bicyclic) bond motifs is 1. The highest BCUT2D eigenvalue weighted by molar-refractivity contribution is 9.10. The molecule has 1 N–H and O–H groups in total. The lowest BCUT2D eigenvalue weighted by Gasteiger charge is -2.11. The van der Waals surface area contributed by atoms with Gasteiger partial charge >= 0.3 is 0 Å². The topological polar surface area (TPSA) is 46.0 Å². The lowest BCUT2D eigenvalue weighted by molar-refractivity contribution is 0.483. The summed E-state index contributed by atoms with van der Waals surface area (Å²) in [5.74, 6) is 2.37. The number of ether oxygens (including phenoxy) is 1. The van der Waals surface area contributed by atoms with Crippen LogP contribution in [0.5, 0.6) is 11.5 Å². The number of anilines is 1. The van der Waals surface area contributed by atoms with E-state index in [9.17, 15) is 0 Å². The number of hydrogen-bond acceptors (Lipinski definition) is 4. The quantitative estimate of drug-likeness (QED) is 0.299. The van der Waals surface area contributed by atoms with Gasteiger partial charge in [-0.15, -0.1) is 0 Å². The first-order valence-electron chi connectivity index (χ1n) is 11.2. The largest absolute Gasteiger partial charge is 0.457 e. The number of benzene rings is 4. The van der Waals surface area contributed by atoms with Crippen molar-refractivity contribution in [3.8, 4) is 11.5 Å². The molecule has 34 heavy (non-hydrogen) atoms. The summed E-state index contributed by atoms with van der Waals surface area (Å²) in [6, 6.07) is 30.4. The van der Waals surface area contributed by atoms with Crippen LogP contribution >= 0.6 is 15.9 Å². The molecule has 4 nitrogen and oxygen atoms in total. The van der Waals surface area contributed by atoms with Crippen molar-refractivity contribution in [1.82, 2.24) is 0 Å². The minimum Gasteiger partial charge on any atom is -0.457 e. The van der Waals surface area contributed by atoms with Gasteiger partial charge < -0.3 is 10.1 Å². The predicted molar refractivity (Wildman–Crippen MR) is 145 cm³/mol. The Labute approximate surface area is 208 Å². The van der Waals surface area contributed by atoms with Crippen LogP contribution in [0.15, 0.2) is 105 Å². The van der Waals surface area contributed by atoms with E-state index in [2.05, 4.69) is 59.4 Å². The normalized spacial score (nSPS) is 12.8. The maximum Gasteiger partial charge on any atom is 0.129 e. The third-order valence-corrected chi connectivity index (χ3v) is 6.10. The zero-order valence-electron chi connectivity index (χ0n) is 19.0. The van der Waals surface area contributed by atoms with Gasteiger partial charge in [0.05, 0.1) is 17.1 Å². The molecular weight excluding hydrogens is 486 g/mol. The van der Waals surface area contributed by atoms with Crippen LogP contribution in [0.1, 0.15) is 23.1 Å². The molecule has 0 saturated carbocycles. The molecular formula is C29H24BrN3O. The van der Waals surface area contributed by atoms with Crippen LogP contribution in [0.2, 0.25) is 0 Å². The molecule has 0 aromatic heterocycles. The maximum atomic E-state index is 6.09. The first kappa shape index (κ1) is 22.1. The molecule has 1 heterocycles. The molecule has 0 unspecified atom stereocenters. The highest BCUT2D eigenvalue weighted by atomic mass is 79.9. The molecule has 0 saturated heterocycles. The second-order valence-corrected chi connectivity index (χ2v) is 9.27. The number of halogens is 1. The van der Waals surface area contributed by atoms with E-state index in [0.717, 1.165) is 50.1 Å². The molecule has 0 aliphatic carbocycles. The SMILES string of the molecule is Cc1ccc(Oc2ccc3c(c2)N=C(c2ccc(C)cc2)CC(Nc2ccc(Br)cc2)=N3)cc1. The molecule has 1 aliphatic heterocycles. The molecule has 0 spiro atoms. The number of aliphatic imine (C=N–C) groups is 2. The Morgan fingerprint density at radius 1 is 0.706 bits per heavy atom. The Morgan fingerprint density at radius 3 is 2.06 bits per heavy atom. The molecule has 0 radical (unpaired) electrons. The first-order valence-corrected chi connectivity index (χ1v) is 11.9. The fourth-order valence-corrected chi connectivity index (χ4v) is 3.97. The van der Waals surface area contributed by atoms with Crippen molar-refractivity contribution in [2.45, 2.75) is 20.3 Å². The number of hydrogen-bond donors (Lipinski definition) is 1. The van der Waals surface area contributed by atoms with E-state index < -0.39 is 0 Å². The number of amidine groups is 1. The summed E-state index contributed by atoms with van der Waals surface area (Å²) in [4.78, 5) is 9.97. The average molecular weight is 510 g/mol. The smallest absolute Gasteiger partial charge is 0.129 e. The third-order valence-electron chi connectivity index (χ3n) is 5.57. The highest BCUT2D eigenvalue weighted by Crippen LogP contribution is 2.37. The maximum absolute atomic E-state index is 6.09. The van der Waals surface area contributed by atoms with Gasteiger partial charge in [0, 0.05) is 22.6 Å². The van der Waals surface area contributed by atoms with Crippen molar-refractivity contribution < 1.29 is 4.74 Å². The van der Waals surface area contributed by atoms with Gasteiger partial charge in [-0.25, -0.2) is 9.98 Å². The van der Waals surface area contributed by atoms with Gasteiger partial charge in [0.25, 0.3) is 0 Å². The van der Waals surface area contributed by atoms with Crippen LogP contribution in [-0.2, 0) is 0 Å². The number of aryl methyl sites for hydroxylation is 2. The zero-order valence-corrected chi connectivity index (χ0v) is 20.6. The summed E-state index contributed by atoms with van der Waals surface area (Å²) in [6.07, 6.45) is 0.585. The molecule has 0 fully saturated rings. The summed E-state index contributed by atoms with van der Waals surface area (Å²) in [6.45, 7) is 4.15. The zero-order chi connectivity index (χ0) is 23.5. The summed E-state index contributed by atoms with van der Waals surface area (Å²) < 4.78 is 7.13. The van der Waals surface area contributed by atoms with Crippen molar-refractivity contribution in [3.05, 3.63) is 112 Å². The minimum absolute atomic E-state index is 0.585. The number of nitrogens with one attached hydrogen (secondary N) is 1. The van der Waals surface area contributed by atoms with E-state index in [4.69, 9.17) is 14.7 Å². The summed E-state index contributed by atoms with van der Waals surface area (Å²) >= 11 is 3.50. The van der Waals surface area contributed by atoms with Crippen LogP contribution in [0.4, 0.5) is 17.1 Å². The van der Waals surface area contributed by atoms with Crippen LogP contribution in [-0.4, -0.2) is 11.5 Å². The van der Waals surface area contributed by atoms with Crippen LogP contribution in [0.3, 0.4) is 0 Å². The van der Waals surface area contributed by atoms with E-state index in [-0.39, 0.29) is 0 Å². The first-order chi connectivity index (χ1) is 16.5. The molecule has 5 rings (SSSR count). The van der Waals surface area contributed by atoms with Gasteiger partial charge in [-0.05, 0) is 67.9 Å². The van der Waals surface area contributed by atoms with E-state index in [1.165, 1.54) is 11.1 Å². The number of nitrogens with zero attached hydrogens (tertiary/aromatic N) is 2. The van der Waals surface area contributed by atoms with E-state index in [1.807, 2.05) is 66.7 Å². The Bertz CT molecular complexity index is 1370. The summed E-state index contributed by atoms with van der Waals surface area (Å²) in [5.41, 5.74) is 7.01. The third kappa shape index (κ3) is 5.26. The van der Waals surface area contributed by atoms with Gasteiger partial charge in [-0.3, -0.25) is 0 Å². The van der Waals surface area contributed by atoms with E-state index in [1.54, 1.807) is 0 Å². The minimum atomic E-state index is 0.585. The van der Waals surface area contributed by atoms with Crippen molar-refractivity contribution in [1.29, 1.82) is 0 Å². The average Bonchev–Trinajstić information content (AvgIpc) is 3.01. The summed E-state index contributed by atoms with van der Waals surface area (Å²) in [7, 11) is 0. The van der Waals surface area contributed by atoms with Crippen molar-refractivity contribution in [2.24, 2.45) is 9.98 Å². The Kier molecular flexibility index (Phi) is 6.28. The van der Waals surface area contributed by atoms with Crippen LogP contribution in [0, 0.1) is 13.8 Å². The van der Waals surface area contributed by atoms with Crippen LogP contribution < -0.4 is 10.1 Å². The van der Waals surface area contributed by atoms with Gasteiger partial charge in [0.15, 0.2) is 0 Å². The van der Waals surface area contributed by atoms with Gasteiger partial charge in [-0.2, -0.15) is 0 Å². The van der Waals surface area contributed by atoms with Crippen LogP contribution in [0.25, 0.3) is 0 Å². The van der Waals surface area contributed by atoms with Crippen molar-refractivity contribution >= 4 is 44.5 Å². The fraction of sp³-hybridized carbons (Fsp3) is 0.103.